The highest BCUT2D eigenvalue weighted by molar-refractivity contribution is 6.23. The summed E-state index contributed by atoms with van der Waals surface area (Å²) in [4.78, 5) is 0. The lowest BCUT2D eigenvalue weighted by atomic mass is 9.81. The Bertz CT molecular complexity index is 3380. The average Bonchev–Trinajstić information content (AvgIpc) is 3.74. The summed E-state index contributed by atoms with van der Waals surface area (Å²) < 4.78 is 6.71. The molecule has 0 fully saturated rings. The fourth-order valence-electron chi connectivity index (χ4n) is 9.95. The summed E-state index contributed by atoms with van der Waals surface area (Å²) >= 11 is 0. The van der Waals surface area contributed by atoms with Gasteiger partial charge in [-0.3, -0.25) is 0 Å². The number of hydrogen-bond donors (Lipinski definition) is 0. The van der Waals surface area contributed by atoms with E-state index in [2.05, 4.69) is 196 Å². The minimum absolute atomic E-state index is 0.149. The SMILES string of the molecule is CC1(C)c2ccc(-c3c4ccccc4c(-c4ccc5cc(-c6ccccc6)ccc5c4)c4ccccc34)cc2-c2c1ccc1oc3c4ccccc4ccc3c21. The summed E-state index contributed by atoms with van der Waals surface area (Å²) in [6.45, 7) is 4.74. The lowest BCUT2D eigenvalue weighted by molar-refractivity contribution is 0.657. The maximum atomic E-state index is 6.71. The van der Waals surface area contributed by atoms with E-state index in [0.29, 0.717) is 0 Å². The Labute approximate surface area is 325 Å². The average molecular weight is 713 g/mol. The summed E-state index contributed by atoms with van der Waals surface area (Å²) in [5.41, 5.74) is 14.6. The molecule has 0 saturated heterocycles. The Kier molecular flexibility index (Phi) is 6.46. The molecule has 12 rings (SSSR count). The minimum atomic E-state index is -0.149. The van der Waals surface area contributed by atoms with E-state index >= 15 is 0 Å². The van der Waals surface area contributed by atoms with Crippen LogP contribution >= 0.6 is 0 Å². The van der Waals surface area contributed by atoms with Crippen LogP contribution in [0.25, 0.3) is 110 Å². The topological polar surface area (TPSA) is 13.1 Å². The number of benzene rings is 10. The highest BCUT2D eigenvalue weighted by atomic mass is 16.3. The van der Waals surface area contributed by atoms with Crippen molar-refractivity contribution < 1.29 is 4.42 Å². The molecule has 0 spiro atoms. The Morgan fingerprint density at radius 2 is 0.893 bits per heavy atom. The molecule has 1 heterocycles. The van der Waals surface area contributed by atoms with Gasteiger partial charge in [-0.15, -0.1) is 0 Å². The van der Waals surface area contributed by atoms with E-state index in [4.69, 9.17) is 4.42 Å². The zero-order chi connectivity index (χ0) is 37.1. The first-order chi connectivity index (χ1) is 27.5. The van der Waals surface area contributed by atoms with Gasteiger partial charge in [0.15, 0.2) is 0 Å². The standard InChI is InChI=1S/C55H36O/c1-55(2)47-27-25-39(32-46(47)52-48(55)28-29-49-53(52)45-26-24-34-14-6-7-15-40(34)54(45)56-49)51-43-18-10-8-16-41(43)50(42-17-9-11-19-44(42)51)38-23-22-36-30-35(20-21-37(36)31-38)33-12-4-3-5-13-33/h3-32H,1-2H3. The molecular weight excluding hydrogens is 677 g/mol. The van der Waals surface area contributed by atoms with Crippen molar-refractivity contribution in [2.45, 2.75) is 19.3 Å². The van der Waals surface area contributed by atoms with Gasteiger partial charge < -0.3 is 4.42 Å². The van der Waals surface area contributed by atoms with Crippen molar-refractivity contribution >= 4 is 65.0 Å². The molecule has 0 bridgehead atoms. The quantitative estimate of drug-likeness (QED) is 0.166. The fourth-order valence-corrected chi connectivity index (χ4v) is 9.95. The predicted molar refractivity (Wildman–Crippen MR) is 238 cm³/mol. The molecule has 0 radical (unpaired) electrons. The van der Waals surface area contributed by atoms with E-state index in [1.165, 1.54) is 104 Å². The van der Waals surface area contributed by atoms with Gasteiger partial charge in [-0.25, -0.2) is 0 Å². The zero-order valence-electron chi connectivity index (χ0n) is 31.2. The third-order valence-electron chi connectivity index (χ3n) is 12.6. The molecule has 0 amide bonds. The van der Waals surface area contributed by atoms with E-state index in [1.807, 2.05) is 0 Å². The molecule has 0 unspecified atom stereocenters. The summed E-state index contributed by atoms with van der Waals surface area (Å²) in [6, 6.07) is 67.1. The first-order valence-corrected chi connectivity index (χ1v) is 19.6. The van der Waals surface area contributed by atoms with Crippen LogP contribution in [-0.2, 0) is 5.41 Å². The second kappa shape index (κ2) is 11.5. The van der Waals surface area contributed by atoms with Crippen molar-refractivity contribution in [3.63, 3.8) is 0 Å². The van der Waals surface area contributed by atoms with Gasteiger partial charge in [0.1, 0.15) is 11.2 Å². The highest BCUT2D eigenvalue weighted by Gasteiger charge is 2.38. The van der Waals surface area contributed by atoms with Crippen LogP contribution in [0.4, 0.5) is 0 Å². The molecular formula is C55H36O. The van der Waals surface area contributed by atoms with Gasteiger partial charge in [-0.05, 0) is 124 Å². The van der Waals surface area contributed by atoms with Crippen molar-refractivity contribution in [1.29, 1.82) is 0 Å². The molecule has 0 atom stereocenters. The predicted octanol–water partition coefficient (Wildman–Crippen LogP) is 15.5. The zero-order valence-corrected chi connectivity index (χ0v) is 31.2. The van der Waals surface area contributed by atoms with Crippen molar-refractivity contribution in [2.24, 2.45) is 0 Å². The highest BCUT2D eigenvalue weighted by Crippen LogP contribution is 2.55. The maximum absolute atomic E-state index is 6.71. The van der Waals surface area contributed by atoms with E-state index in [9.17, 15) is 0 Å². The van der Waals surface area contributed by atoms with Gasteiger partial charge in [-0.2, -0.15) is 0 Å². The first-order valence-electron chi connectivity index (χ1n) is 19.6. The van der Waals surface area contributed by atoms with Gasteiger partial charge in [0.25, 0.3) is 0 Å². The number of hydrogen-bond acceptors (Lipinski definition) is 1. The number of fused-ring (bicyclic) bond motifs is 12. The molecule has 1 aliphatic carbocycles. The van der Waals surface area contributed by atoms with Crippen LogP contribution in [0.5, 0.6) is 0 Å². The molecule has 1 heteroatoms. The van der Waals surface area contributed by atoms with Gasteiger partial charge in [0.05, 0.1) is 0 Å². The Hall–Kier alpha value is -6.96. The molecule has 11 aromatic rings. The van der Waals surface area contributed by atoms with Crippen LogP contribution < -0.4 is 0 Å². The third-order valence-corrected chi connectivity index (χ3v) is 12.6. The monoisotopic (exact) mass is 712 g/mol. The van der Waals surface area contributed by atoms with Crippen LogP contribution in [-0.4, -0.2) is 0 Å². The van der Waals surface area contributed by atoms with E-state index in [0.717, 1.165) is 16.6 Å². The largest absolute Gasteiger partial charge is 0.455 e. The van der Waals surface area contributed by atoms with Crippen LogP contribution in [0.1, 0.15) is 25.0 Å². The van der Waals surface area contributed by atoms with Crippen LogP contribution in [0.3, 0.4) is 0 Å². The van der Waals surface area contributed by atoms with Crippen molar-refractivity contribution in [2.75, 3.05) is 0 Å². The fraction of sp³-hybridized carbons (Fsp3) is 0.0545. The smallest absolute Gasteiger partial charge is 0.143 e. The molecule has 56 heavy (non-hydrogen) atoms. The van der Waals surface area contributed by atoms with E-state index in [1.54, 1.807) is 0 Å². The molecule has 0 N–H and O–H groups in total. The van der Waals surface area contributed by atoms with E-state index < -0.39 is 0 Å². The Balaban J connectivity index is 1.08. The van der Waals surface area contributed by atoms with E-state index in [-0.39, 0.29) is 5.41 Å². The van der Waals surface area contributed by atoms with Crippen LogP contribution in [0.2, 0.25) is 0 Å². The molecule has 1 aromatic heterocycles. The van der Waals surface area contributed by atoms with Gasteiger partial charge in [0.2, 0.25) is 0 Å². The van der Waals surface area contributed by atoms with Crippen molar-refractivity contribution in [1.82, 2.24) is 0 Å². The Morgan fingerprint density at radius 1 is 0.357 bits per heavy atom. The van der Waals surface area contributed by atoms with Gasteiger partial charge in [0, 0.05) is 21.6 Å². The summed E-state index contributed by atoms with van der Waals surface area (Å²) in [5, 5.41) is 12.3. The molecule has 0 saturated carbocycles. The maximum Gasteiger partial charge on any atom is 0.143 e. The van der Waals surface area contributed by atoms with Crippen LogP contribution in [0, 0.1) is 0 Å². The molecule has 10 aromatic carbocycles. The first kappa shape index (κ1) is 31.4. The second-order valence-electron chi connectivity index (χ2n) is 16.0. The molecule has 0 aliphatic heterocycles. The summed E-state index contributed by atoms with van der Waals surface area (Å²) in [7, 11) is 0. The van der Waals surface area contributed by atoms with Crippen LogP contribution in [0.15, 0.2) is 186 Å². The van der Waals surface area contributed by atoms with Crippen molar-refractivity contribution in [3.8, 4) is 44.5 Å². The number of rotatable bonds is 3. The lowest BCUT2D eigenvalue weighted by Gasteiger charge is -2.22. The molecule has 262 valence electrons. The van der Waals surface area contributed by atoms with Crippen molar-refractivity contribution in [3.05, 3.63) is 193 Å². The Morgan fingerprint density at radius 3 is 1.59 bits per heavy atom. The third kappa shape index (κ3) is 4.37. The summed E-state index contributed by atoms with van der Waals surface area (Å²) in [6.07, 6.45) is 0. The molecule has 1 nitrogen and oxygen atoms in total. The normalized spacial score (nSPS) is 13.3. The minimum Gasteiger partial charge on any atom is -0.455 e. The number of furan rings is 1. The molecule has 1 aliphatic rings. The lowest BCUT2D eigenvalue weighted by Crippen LogP contribution is -2.14. The van der Waals surface area contributed by atoms with Gasteiger partial charge in [-0.1, -0.05) is 166 Å². The second-order valence-corrected chi connectivity index (χ2v) is 16.0. The van der Waals surface area contributed by atoms with Gasteiger partial charge >= 0.3 is 0 Å². The summed E-state index contributed by atoms with van der Waals surface area (Å²) in [5.74, 6) is 0.